The zero-order valence-corrected chi connectivity index (χ0v) is 11.4. The average molecular weight is 339 g/mol. The van der Waals surface area contributed by atoms with E-state index < -0.39 is 16.6 Å². The third-order valence-corrected chi connectivity index (χ3v) is 2.97. The van der Waals surface area contributed by atoms with Gasteiger partial charge in [0.2, 0.25) is 0 Å². The molecule has 0 unspecified atom stereocenters. The fraction of sp³-hybridized carbons (Fsp3) is 0. The fourth-order valence-electron chi connectivity index (χ4n) is 1.40. The van der Waals surface area contributed by atoms with E-state index in [1.165, 1.54) is 0 Å². The molecule has 8 heteroatoms. The van der Waals surface area contributed by atoms with Gasteiger partial charge in [0.1, 0.15) is 5.75 Å². The molecule has 2 aromatic rings. The van der Waals surface area contributed by atoms with Crippen molar-refractivity contribution in [2.24, 2.45) is 0 Å². The highest BCUT2D eigenvalue weighted by Gasteiger charge is 2.21. The van der Waals surface area contributed by atoms with Gasteiger partial charge in [0.25, 0.3) is 5.88 Å². The molecule has 0 spiro atoms. The Kier molecular flexibility index (Phi) is 3.94. The number of hydrogen-bond donors (Lipinski definition) is 1. The number of ether oxygens (including phenoxy) is 1. The molecule has 0 fully saturated rings. The van der Waals surface area contributed by atoms with E-state index in [4.69, 9.17) is 9.84 Å². The molecule has 1 aromatic carbocycles. The van der Waals surface area contributed by atoms with Crippen LogP contribution in [0.25, 0.3) is 0 Å². The Labute approximate surface area is 121 Å². The van der Waals surface area contributed by atoms with Crippen molar-refractivity contribution in [3.8, 4) is 11.6 Å². The average Bonchev–Trinajstić information content (AvgIpc) is 2.41. The van der Waals surface area contributed by atoms with Crippen molar-refractivity contribution in [2.45, 2.75) is 0 Å². The van der Waals surface area contributed by atoms with Crippen LogP contribution in [0.1, 0.15) is 10.4 Å². The lowest BCUT2D eigenvalue weighted by Crippen LogP contribution is -2.02. The summed E-state index contributed by atoms with van der Waals surface area (Å²) in [6.07, 6.45) is 1.00. The summed E-state index contributed by atoms with van der Waals surface area (Å²) in [5, 5.41) is 19.8. The van der Waals surface area contributed by atoms with Gasteiger partial charge in [-0.15, -0.1) is 0 Å². The zero-order valence-electron chi connectivity index (χ0n) is 9.82. The molecule has 1 aromatic heterocycles. The minimum Gasteiger partial charge on any atom is -0.478 e. The molecule has 0 bridgehead atoms. The minimum absolute atomic E-state index is 0.271. The summed E-state index contributed by atoms with van der Waals surface area (Å²) in [7, 11) is 0. The van der Waals surface area contributed by atoms with Crippen LogP contribution in [0.3, 0.4) is 0 Å². The lowest BCUT2D eigenvalue weighted by atomic mass is 10.2. The maximum atomic E-state index is 11.0. The molecule has 1 heterocycles. The highest BCUT2D eigenvalue weighted by Crippen LogP contribution is 2.33. The number of pyridine rings is 1. The molecule has 0 saturated heterocycles. The SMILES string of the molecule is O=C(O)c1cnc(Oc2ccccc2Br)c([N+](=O)[O-])c1. The Balaban J connectivity index is 2.44. The molecule has 102 valence electrons. The lowest BCUT2D eigenvalue weighted by Gasteiger charge is -2.07. The third kappa shape index (κ3) is 2.91. The van der Waals surface area contributed by atoms with E-state index in [9.17, 15) is 14.9 Å². The first-order valence-electron chi connectivity index (χ1n) is 5.29. The summed E-state index contributed by atoms with van der Waals surface area (Å²) < 4.78 is 5.94. The number of carboxylic acid groups (broad SMARTS) is 1. The fourth-order valence-corrected chi connectivity index (χ4v) is 1.76. The van der Waals surface area contributed by atoms with Gasteiger partial charge in [0.15, 0.2) is 0 Å². The van der Waals surface area contributed by atoms with Crippen molar-refractivity contribution < 1.29 is 19.6 Å². The molecule has 7 nitrogen and oxygen atoms in total. The summed E-state index contributed by atoms with van der Waals surface area (Å²) in [5.41, 5.74) is -0.795. The van der Waals surface area contributed by atoms with Gasteiger partial charge in [-0.1, -0.05) is 12.1 Å². The van der Waals surface area contributed by atoms with Crippen molar-refractivity contribution in [1.82, 2.24) is 4.98 Å². The quantitative estimate of drug-likeness (QED) is 0.678. The first kappa shape index (κ1) is 13.9. The monoisotopic (exact) mass is 338 g/mol. The smallest absolute Gasteiger partial charge is 0.337 e. The van der Waals surface area contributed by atoms with Crippen molar-refractivity contribution in [3.63, 3.8) is 0 Å². The van der Waals surface area contributed by atoms with Gasteiger partial charge in [0, 0.05) is 12.3 Å². The number of benzene rings is 1. The first-order chi connectivity index (χ1) is 9.49. The van der Waals surface area contributed by atoms with E-state index in [1.54, 1.807) is 24.3 Å². The molecule has 0 saturated carbocycles. The zero-order chi connectivity index (χ0) is 14.7. The molecule has 0 aliphatic rings. The Hall–Kier alpha value is -2.48. The minimum atomic E-state index is -1.30. The van der Waals surface area contributed by atoms with E-state index in [0.29, 0.717) is 10.2 Å². The molecule has 0 aliphatic carbocycles. The number of carboxylic acids is 1. The number of nitrogens with zero attached hydrogens (tertiary/aromatic N) is 2. The van der Waals surface area contributed by atoms with Crippen LogP contribution in [0.5, 0.6) is 11.6 Å². The normalized spacial score (nSPS) is 10.1. The highest BCUT2D eigenvalue weighted by atomic mass is 79.9. The number of rotatable bonds is 4. The Morgan fingerprint density at radius 3 is 2.70 bits per heavy atom. The number of aromatic nitrogens is 1. The number of nitro groups is 1. The number of para-hydroxylation sites is 1. The van der Waals surface area contributed by atoms with Gasteiger partial charge < -0.3 is 9.84 Å². The van der Waals surface area contributed by atoms with Gasteiger partial charge in [-0.2, -0.15) is 0 Å². The molecular weight excluding hydrogens is 332 g/mol. The molecule has 20 heavy (non-hydrogen) atoms. The standard InChI is InChI=1S/C12H7BrN2O5/c13-8-3-1-2-4-10(8)20-11-9(15(18)19)5-7(6-14-11)12(16)17/h1-6H,(H,16,17). The number of aromatic carboxylic acids is 1. The Morgan fingerprint density at radius 1 is 1.40 bits per heavy atom. The number of carbonyl (C=O) groups is 1. The van der Waals surface area contributed by atoms with Gasteiger partial charge in [-0.3, -0.25) is 10.1 Å². The van der Waals surface area contributed by atoms with E-state index in [-0.39, 0.29) is 11.4 Å². The maximum Gasteiger partial charge on any atom is 0.337 e. The third-order valence-electron chi connectivity index (χ3n) is 2.32. The lowest BCUT2D eigenvalue weighted by molar-refractivity contribution is -0.386. The summed E-state index contributed by atoms with van der Waals surface area (Å²) >= 11 is 3.24. The van der Waals surface area contributed by atoms with Gasteiger partial charge >= 0.3 is 11.7 Å². The van der Waals surface area contributed by atoms with Gasteiger partial charge in [-0.25, -0.2) is 9.78 Å². The number of hydrogen-bond acceptors (Lipinski definition) is 5. The van der Waals surface area contributed by atoms with Crippen LogP contribution in [0, 0.1) is 10.1 Å². The van der Waals surface area contributed by atoms with Crippen LogP contribution in [0.15, 0.2) is 41.0 Å². The first-order valence-corrected chi connectivity index (χ1v) is 6.08. The predicted molar refractivity (Wildman–Crippen MR) is 72.1 cm³/mol. The Bertz CT molecular complexity index is 689. The van der Waals surface area contributed by atoms with Crippen molar-refractivity contribution >= 4 is 27.6 Å². The predicted octanol–water partition coefficient (Wildman–Crippen LogP) is 3.24. The molecule has 1 N–H and O–H groups in total. The van der Waals surface area contributed by atoms with Crippen molar-refractivity contribution in [3.05, 3.63) is 56.7 Å². The van der Waals surface area contributed by atoms with Crippen LogP contribution in [0.2, 0.25) is 0 Å². The topological polar surface area (TPSA) is 103 Å². The largest absolute Gasteiger partial charge is 0.478 e. The van der Waals surface area contributed by atoms with Crippen LogP contribution in [0.4, 0.5) is 5.69 Å². The van der Waals surface area contributed by atoms with Gasteiger partial charge in [-0.05, 0) is 28.1 Å². The summed E-state index contributed by atoms with van der Waals surface area (Å²) in [5.74, 6) is -1.23. The maximum absolute atomic E-state index is 11.0. The second-order valence-electron chi connectivity index (χ2n) is 3.64. The molecule has 0 radical (unpaired) electrons. The highest BCUT2D eigenvalue weighted by molar-refractivity contribution is 9.10. The van der Waals surface area contributed by atoms with E-state index in [1.807, 2.05) is 0 Å². The van der Waals surface area contributed by atoms with E-state index in [0.717, 1.165) is 12.3 Å². The van der Waals surface area contributed by atoms with Crippen LogP contribution in [-0.2, 0) is 0 Å². The molecule has 0 atom stereocenters. The molecule has 0 amide bonds. The van der Waals surface area contributed by atoms with Crippen LogP contribution < -0.4 is 4.74 Å². The van der Waals surface area contributed by atoms with Gasteiger partial charge in [0.05, 0.1) is 15.0 Å². The van der Waals surface area contributed by atoms with Crippen molar-refractivity contribution in [1.29, 1.82) is 0 Å². The summed E-state index contributed by atoms with van der Waals surface area (Å²) in [4.78, 5) is 24.7. The van der Waals surface area contributed by atoms with Crippen LogP contribution in [-0.4, -0.2) is 21.0 Å². The van der Waals surface area contributed by atoms with Crippen molar-refractivity contribution in [2.75, 3.05) is 0 Å². The van der Waals surface area contributed by atoms with E-state index in [2.05, 4.69) is 20.9 Å². The molecular formula is C12H7BrN2O5. The summed E-state index contributed by atoms with van der Waals surface area (Å²) in [6.45, 7) is 0. The summed E-state index contributed by atoms with van der Waals surface area (Å²) in [6, 6.07) is 7.65. The molecule has 0 aliphatic heterocycles. The number of halogens is 1. The Morgan fingerprint density at radius 2 is 2.10 bits per heavy atom. The molecule has 2 rings (SSSR count). The van der Waals surface area contributed by atoms with Crippen LogP contribution >= 0.6 is 15.9 Å². The van der Waals surface area contributed by atoms with E-state index >= 15 is 0 Å². The second kappa shape index (κ2) is 5.66. The second-order valence-corrected chi connectivity index (χ2v) is 4.50.